The van der Waals surface area contributed by atoms with Crippen LogP contribution in [0, 0.1) is 13.8 Å². The van der Waals surface area contributed by atoms with Gasteiger partial charge in [0.1, 0.15) is 6.54 Å². The highest BCUT2D eigenvalue weighted by Gasteiger charge is 2.36. The van der Waals surface area contributed by atoms with Gasteiger partial charge in [0, 0.05) is 17.6 Å². The SMILES string of the molecule is Cc1cc(Cn2nnc(C(=O)N3CCC3c3ccc(Cl)cc3)c2C)on1. The van der Waals surface area contributed by atoms with Gasteiger partial charge in [-0.15, -0.1) is 5.10 Å². The van der Waals surface area contributed by atoms with Gasteiger partial charge in [-0.2, -0.15) is 0 Å². The smallest absolute Gasteiger partial charge is 0.276 e. The molecular weight excluding hydrogens is 354 g/mol. The van der Waals surface area contributed by atoms with Crippen LogP contribution in [-0.4, -0.2) is 37.5 Å². The van der Waals surface area contributed by atoms with Gasteiger partial charge >= 0.3 is 0 Å². The number of rotatable bonds is 4. The number of benzene rings is 1. The molecule has 1 fully saturated rings. The second-order valence-electron chi connectivity index (χ2n) is 6.47. The zero-order chi connectivity index (χ0) is 18.3. The van der Waals surface area contributed by atoms with Gasteiger partial charge in [0.15, 0.2) is 11.5 Å². The van der Waals surface area contributed by atoms with Crippen LogP contribution in [0.5, 0.6) is 0 Å². The number of nitrogens with zero attached hydrogens (tertiary/aromatic N) is 5. The molecule has 0 bridgehead atoms. The third-order valence-corrected chi connectivity index (χ3v) is 4.95. The Hall–Kier alpha value is -2.67. The van der Waals surface area contributed by atoms with Crippen LogP contribution in [-0.2, 0) is 6.54 Å². The zero-order valence-electron chi connectivity index (χ0n) is 14.5. The molecule has 3 heterocycles. The van der Waals surface area contributed by atoms with E-state index < -0.39 is 0 Å². The molecule has 0 radical (unpaired) electrons. The maximum Gasteiger partial charge on any atom is 0.276 e. The topological polar surface area (TPSA) is 77.0 Å². The highest BCUT2D eigenvalue weighted by molar-refractivity contribution is 6.30. The first-order valence-corrected chi connectivity index (χ1v) is 8.79. The minimum absolute atomic E-state index is 0.0567. The summed E-state index contributed by atoms with van der Waals surface area (Å²) in [6, 6.07) is 9.51. The first-order chi connectivity index (χ1) is 12.5. The van der Waals surface area contributed by atoms with Gasteiger partial charge in [0.05, 0.1) is 17.4 Å². The van der Waals surface area contributed by atoms with Gasteiger partial charge in [-0.25, -0.2) is 4.68 Å². The highest BCUT2D eigenvalue weighted by atomic mass is 35.5. The van der Waals surface area contributed by atoms with Crippen molar-refractivity contribution >= 4 is 17.5 Å². The van der Waals surface area contributed by atoms with Gasteiger partial charge in [0.25, 0.3) is 5.91 Å². The fourth-order valence-corrected chi connectivity index (χ4v) is 3.27. The molecule has 1 unspecified atom stereocenters. The number of hydrogen-bond acceptors (Lipinski definition) is 5. The van der Waals surface area contributed by atoms with Crippen LogP contribution in [0.1, 0.15) is 45.7 Å². The first kappa shape index (κ1) is 16.8. The molecule has 2 aromatic heterocycles. The predicted molar refractivity (Wildman–Crippen MR) is 94.9 cm³/mol. The molecule has 7 nitrogen and oxygen atoms in total. The average molecular weight is 372 g/mol. The van der Waals surface area contributed by atoms with Crippen LogP contribution in [0.15, 0.2) is 34.9 Å². The van der Waals surface area contributed by atoms with E-state index in [1.807, 2.05) is 49.1 Å². The molecule has 1 aliphatic rings. The van der Waals surface area contributed by atoms with Crippen LogP contribution in [0.3, 0.4) is 0 Å². The fourth-order valence-electron chi connectivity index (χ4n) is 3.14. The van der Waals surface area contributed by atoms with Crippen molar-refractivity contribution in [1.29, 1.82) is 0 Å². The van der Waals surface area contributed by atoms with E-state index in [9.17, 15) is 4.79 Å². The second kappa shape index (κ2) is 6.57. The van der Waals surface area contributed by atoms with Crippen LogP contribution in [0.2, 0.25) is 5.02 Å². The quantitative estimate of drug-likeness (QED) is 0.704. The summed E-state index contributed by atoms with van der Waals surface area (Å²) >= 11 is 5.95. The molecule has 1 saturated heterocycles. The molecule has 1 atom stereocenters. The summed E-state index contributed by atoms with van der Waals surface area (Å²) < 4.78 is 6.87. The number of halogens is 1. The normalized spacial score (nSPS) is 16.6. The van der Waals surface area contributed by atoms with Crippen molar-refractivity contribution in [3.8, 4) is 0 Å². The van der Waals surface area contributed by atoms with Crippen molar-refractivity contribution in [2.45, 2.75) is 32.9 Å². The number of hydrogen-bond donors (Lipinski definition) is 0. The lowest BCUT2D eigenvalue weighted by Gasteiger charge is -2.41. The Bertz CT molecular complexity index is 947. The largest absolute Gasteiger partial charge is 0.359 e. The summed E-state index contributed by atoms with van der Waals surface area (Å²) in [6.45, 7) is 4.80. The Morgan fingerprint density at radius 1 is 1.31 bits per heavy atom. The fraction of sp³-hybridized carbons (Fsp3) is 0.333. The number of aryl methyl sites for hydroxylation is 1. The van der Waals surface area contributed by atoms with E-state index >= 15 is 0 Å². The van der Waals surface area contributed by atoms with Gasteiger partial charge in [-0.05, 0) is 38.0 Å². The van der Waals surface area contributed by atoms with E-state index in [0.29, 0.717) is 35.3 Å². The predicted octanol–water partition coefficient (Wildman–Crippen LogP) is 3.17. The number of aromatic nitrogens is 4. The number of carbonyl (C=O) groups is 1. The zero-order valence-corrected chi connectivity index (χ0v) is 15.3. The molecule has 1 aliphatic heterocycles. The van der Waals surface area contributed by atoms with E-state index in [4.69, 9.17) is 16.1 Å². The van der Waals surface area contributed by atoms with Gasteiger partial charge in [0.2, 0.25) is 0 Å². The molecule has 0 N–H and O–H groups in total. The van der Waals surface area contributed by atoms with Gasteiger partial charge < -0.3 is 9.42 Å². The Morgan fingerprint density at radius 2 is 2.08 bits per heavy atom. The summed E-state index contributed by atoms with van der Waals surface area (Å²) in [4.78, 5) is 14.7. The van der Waals surface area contributed by atoms with Gasteiger partial charge in [-0.1, -0.05) is 34.1 Å². The molecule has 0 aliphatic carbocycles. The maximum atomic E-state index is 12.9. The standard InChI is InChI=1S/C18H18ClN5O2/c1-11-9-15(26-21-11)10-24-12(2)17(20-22-24)18(25)23-8-7-16(23)13-3-5-14(19)6-4-13/h3-6,9,16H,7-8,10H2,1-2H3. The highest BCUT2D eigenvalue weighted by Crippen LogP contribution is 2.35. The lowest BCUT2D eigenvalue weighted by molar-refractivity contribution is 0.0453. The Kier molecular flexibility index (Phi) is 4.24. The lowest BCUT2D eigenvalue weighted by Crippen LogP contribution is -2.45. The van der Waals surface area contributed by atoms with E-state index in [1.165, 1.54) is 0 Å². The van der Waals surface area contributed by atoms with Gasteiger partial charge in [-0.3, -0.25) is 4.79 Å². The molecule has 8 heteroatoms. The molecule has 1 amide bonds. The molecule has 0 saturated carbocycles. The summed E-state index contributed by atoms with van der Waals surface area (Å²) in [5, 5.41) is 12.8. The maximum absolute atomic E-state index is 12.9. The van der Waals surface area contributed by atoms with Crippen LogP contribution < -0.4 is 0 Å². The summed E-state index contributed by atoms with van der Waals surface area (Å²) in [5.74, 6) is 0.575. The first-order valence-electron chi connectivity index (χ1n) is 8.41. The Balaban J connectivity index is 1.52. The van der Waals surface area contributed by atoms with Crippen LogP contribution in [0.4, 0.5) is 0 Å². The van der Waals surface area contributed by atoms with Crippen molar-refractivity contribution in [3.05, 3.63) is 63.8 Å². The van der Waals surface area contributed by atoms with Crippen molar-refractivity contribution < 1.29 is 9.32 Å². The minimum atomic E-state index is -0.103. The van der Waals surface area contributed by atoms with Crippen molar-refractivity contribution in [3.63, 3.8) is 0 Å². The summed E-state index contributed by atoms with van der Waals surface area (Å²) in [5.41, 5.74) is 2.97. The van der Waals surface area contributed by atoms with Crippen molar-refractivity contribution in [2.24, 2.45) is 0 Å². The molecule has 4 rings (SSSR count). The summed E-state index contributed by atoms with van der Waals surface area (Å²) in [7, 11) is 0. The monoisotopic (exact) mass is 371 g/mol. The third-order valence-electron chi connectivity index (χ3n) is 4.70. The Labute approximate surface area is 155 Å². The minimum Gasteiger partial charge on any atom is -0.359 e. The molecule has 3 aromatic rings. The van der Waals surface area contributed by atoms with Crippen LogP contribution >= 0.6 is 11.6 Å². The third kappa shape index (κ3) is 2.99. The second-order valence-corrected chi connectivity index (χ2v) is 6.91. The number of carbonyl (C=O) groups excluding carboxylic acids is 1. The average Bonchev–Trinajstić information content (AvgIpc) is 3.15. The molecule has 134 valence electrons. The summed E-state index contributed by atoms with van der Waals surface area (Å²) in [6.07, 6.45) is 0.928. The van der Waals surface area contributed by atoms with Crippen LogP contribution in [0.25, 0.3) is 0 Å². The van der Waals surface area contributed by atoms with E-state index in [-0.39, 0.29) is 11.9 Å². The Morgan fingerprint density at radius 3 is 2.69 bits per heavy atom. The van der Waals surface area contributed by atoms with Crippen molar-refractivity contribution in [1.82, 2.24) is 25.1 Å². The van der Waals surface area contributed by atoms with E-state index in [2.05, 4.69) is 15.5 Å². The molecule has 26 heavy (non-hydrogen) atoms. The van der Waals surface area contributed by atoms with E-state index in [0.717, 1.165) is 17.7 Å². The number of amides is 1. The molecule has 0 spiro atoms. The van der Waals surface area contributed by atoms with E-state index in [1.54, 1.807) is 4.68 Å². The number of likely N-dealkylation sites (tertiary alicyclic amines) is 1. The lowest BCUT2D eigenvalue weighted by atomic mass is 9.94. The van der Waals surface area contributed by atoms with Crippen molar-refractivity contribution in [2.75, 3.05) is 6.54 Å². The molecule has 1 aromatic carbocycles. The molecular formula is C18H18ClN5O2.